The number of carboxylic acid groups (broad SMARTS) is 1. The molecule has 3 rings (SSSR count). The summed E-state index contributed by atoms with van der Waals surface area (Å²) in [7, 11) is 0. The molecule has 1 saturated heterocycles. The van der Waals surface area contributed by atoms with Crippen molar-refractivity contribution in [2.75, 3.05) is 18.0 Å². The molecule has 2 aromatic heterocycles. The number of thiazole rings is 1. The Hall–Kier alpha value is -2.16. The van der Waals surface area contributed by atoms with Crippen LogP contribution < -0.4 is 4.90 Å². The van der Waals surface area contributed by atoms with Gasteiger partial charge in [-0.15, -0.1) is 11.3 Å². The second kappa shape index (κ2) is 5.80. The molecule has 0 aliphatic carbocycles. The zero-order valence-corrected chi connectivity index (χ0v) is 12.6. The molecule has 0 bridgehead atoms. The van der Waals surface area contributed by atoms with E-state index in [1.807, 2.05) is 0 Å². The van der Waals surface area contributed by atoms with Crippen molar-refractivity contribution >= 4 is 23.1 Å². The number of hydrogen-bond acceptors (Lipinski definition) is 5. The molecule has 0 radical (unpaired) electrons. The topological polar surface area (TPSA) is 66.3 Å². The number of piperidine rings is 1. The highest BCUT2D eigenvalue weighted by Gasteiger charge is 2.35. The molecule has 0 atom stereocenters. The quantitative estimate of drug-likeness (QED) is 0.926. The first-order valence-electron chi connectivity index (χ1n) is 6.83. The molecule has 23 heavy (non-hydrogen) atoms. The number of carboxylic acids is 1. The molecule has 0 spiro atoms. The van der Waals surface area contributed by atoms with Crippen molar-refractivity contribution in [2.24, 2.45) is 0 Å². The summed E-state index contributed by atoms with van der Waals surface area (Å²) in [5, 5.41) is 10.5. The first-order valence-corrected chi connectivity index (χ1v) is 7.71. The number of carbonyl (C=O) groups is 1. The largest absolute Gasteiger partial charge is 0.476 e. The van der Waals surface area contributed by atoms with Crippen LogP contribution in [0.4, 0.5) is 19.0 Å². The summed E-state index contributed by atoms with van der Waals surface area (Å²) in [6.07, 6.45) is 0.713. The van der Waals surface area contributed by atoms with E-state index in [9.17, 15) is 18.0 Å². The molecule has 0 aromatic carbocycles. The third-order valence-electron chi connectivity index (χ3n) is 3.59. The molecule has 5 nitrogen and oxygen atoms in total. The summed E-state index contributed by atoms with van der Waals surface area (Å²) in [5.74, 6) is -4.48. The van der Waals surface area contributed by atoms with E-state index in [1.54, 1.807) is 0 Å². The first kappa shape index (κ1) is 15.7. The minimum Gasteiger partial charge on any atom is -0.476 e. The van der Waals surface area contributed by atoms with Crippen molar-refractivity contribution < 1.29 is 23.1 Å². The van der Waals surface area contributed by atoms with Crippen LogP contribution in [0.1, 0.15) is 23.3 Å². The Morgan fingerprint density at radius 3 is 2.61 bits per heavy atom. The van der Waals surface area contributed by atoms with Gasteiger partial charge in [-0.05, 0) is 6.07 Å². The second-order valence-corrected chi connectivity index (χ2v) is 6.07. The Bertz CT molecular complexity index is 741. The third kappa shape index (κ3) is 3.29. The highest BCUT2D eigenvalue weighted by atomic mass is 32.1. The van der Waals surface area contributed by atoms with Gasteiger partial charge in [0, 0.05) is 43.1 Å². The van der Waals surface area contributed by atoms with E-state index in [0.717, 1.165) is 11.3 Å². The monoisotopic (exact) mass is 343 g/mol. The van der Waals surface area contributed by atoms with Crippen LogP contribution in [0.3, 0.4) is 0 Å². The molecular weight excluding hydrogens is 331 g/mol. The molecule has 1 N–H and O–H groups in total. The average molecular weight is 343 g/mol. The standard InChI is InChI=1S/C14H12F3N3O2S/c15-9-5-8(12-19-10(7-23-12)13(21)22)6-18-11(9)20-3-1-14(16,17)2-4-20/h5-7H,1-4H2,(H,21,22). The predicted octanol–water partition coefficient (Wildman–Crippen LogP) is 3.28. The van der Waals surface area contributed by atoms with Crippen molar-refractivity contribution in [3.05, 3.63) is 29.2 Å². The van der Waals surface area contributed by atoms with Crippen molar-refractivity contribution in [3.8, 4) is 10.6 Å². The van der Waals surface area contributed by atoms with E-state index < -0.39 is 17.7 Å². The molecule has 1 aliphatic rings. The number of rotatable bonds is 3. The molecular formula is C14H12F3N3O2S. The van der Waals surface area contributed by atoms with Crippen molar-refractivity contribution in [2.45, 2.75) is 18.8 Å². The van der Waals surface area contributed by atoms with Crippen LogP contribution >= 0.6 is 11.3 Å². The van der Waals surface area contributed by atoms with Gasteiger partial charge < -0.3 is 10.0 Å². The van der Waals surface area contributed by atoms with E-state index in [-0.39, 0.29) is 37.4 Å². The Kier molecular flexibility index (Phi) is 3.97. The van der Waals surface area contributed by atoms with Crippen LogP contribution in [0.2, 0.25) is 0 Å². The van der Waals surface area contributed by atoms with Gasteiger partial charge in [0.05, 0.1) is 0 Å². The molecule has 1 fully saturated rings. The number of aromatic carboxylic acids is 1. The average Bonchev–Trinajstić information content (AvgIpc) is 2.98. The molecule has 0 amide bonds. The van der Waals surface area contributed by atoms with Crippen LogP contribution in [0, 0.1) is 5.82 Å². The Morgan fingerprint density at radius 2 is 2.04 bits per heavy atom. The van der Waals surface area contributed by atoms with Crippen molar-refractivity contribution in [1.82, 2.24) is 9.97 Å². The van der Waals surface area contributed by atoms with Crippen molar-refractivity contribution in [1.29, 1.82) is 0 Å². The highest BCUT2D eigenvalue weighted by Crippen LogP contribution is 2.32. The van der Waals surface area contributed by atoms with E-state index in [4.69, 9.17) is 5.11 Å². The molecule has 0 saturated carbocycles. The molecule has 9 heteroatoms. The summed E-state index contributed by atoms with van der Waals surface area (Å²) >= 11 is 1.07. The van der Waals surface area contributed by atoms with Crippen LogP contribution in [-0.4, -0.2) is 40.1 Å². The number of pyridine rings is 1. The zero-order valence-electron chi connectivity index (χ0n) is 11.8. The Labute approximate surface area is 133 Å². The summed E-state index contributed by atoms with van der Waals surface area (Å²) in [6, 6.07) is 1.19. The number of hydrogen-bond donors (Lipinski definition) is 1. The second-order valence-electron chi connectivity index (χ2n) is 5.22. The Morgan fingerprint density at radius 1 is 1.35 bits per heavy atom. The van der Waals surface area contributed by atoms with Gasteiger partial charge in [0.15, 0.2) is 17.3 Å². The lowest BCUT2D eigenvalue weighted by atomic mass is 10.1. The normalized spacial score (nSPS) is 17.3. The minimum atomic E-state index is -2.71. The zero-order chi connectivity index (χ0) is 16.6. The van der Waals surface area contributed by atoms with Crippen LogP contribution in [0.25, 0.3) is 10.6 Å². The fourth-order valence-corrected chi connectivity index (χ4v) is 3.11. The third-order valence-corrected chi connectivity index (χ3v) is 4.48. The fourth-order valence-electron chi connectivity index (χ4n) is 2.33. The summed E-state index contributed by atoms with van der Waals surface area (Å²) in [4.78, 5) is 20.2. The molecule has 2 aromatic rings. The van der Waals surface area contributed by atoms with Crippen LogP contribution in [0.15, 0.2) is 17.6 Å². The van der Waals surface area contributed by atoms with Crippen LogP contribution in [-0.2, 0) is 0 Å². The maximum atomic E-state index is 14.2. The number of alkyl halides is 2. The van der Waals surface area contributed by atoms with Gasteiger partial charge in [-0.3, -0.25) is 0 Å². The van der Waals surface area contributed by atoms with Gasteiger partial charge in [0.2, 0.25) is 0 Å². The lowest BCUT2D eigenvalue weighted by Gasteiger charge is -2.32. The lowest BCUT2D eigenvalue weighted by Crippen LogP contribution is -2.40. The number of nitrogens with zero attached hydrogens (tertiary/aromatic N) is 3. The van der Waals surface area contributed by atoms with E-state index in [1.165, 1.54) is 22.5 Å². The first-order chi connectivity index (χ1) is 10.9. The molecule has 122 valence electrons. The highest BCUT2D eigenvalue weighted by molar-refractivity contribution is 7.13. The van der Waals surface area contributed by atoms with E-state index in [0.29, 0.717) is 10.6 Å². The molecule has 1 aliphatic heterocycles. The van der Waals surface area contributed by atoms with Gasteiger partial charge in [-0.25, -0.2) is 27.9 Å². The van der Waals surface area contributed by atoms with Crippen molar-refractivity contribution in [3.63, 3.8) is 0 Å². The summed E-state index contributed by atoms with van der Waals surface area (Å²) in [5.41, 5.74) is 0.235. The van der Waals surface area contributed by atoms with Crippen LogP contribution in [0.5, 0.6) is 0 Å². The summed E-state index contributed by atoms with van der Waals surface area (Å²) in [6.45, 7) is 0.0767. The van der Waals surface area contributed by atoms with Gasteiger partial charge in [-0.2, -0.15) is 0 Å². The fraction of sp³-hybridized carbons (Fsp3) is 0.357. The Balaban J connectivity index is 1.82. The maximum Gasteiger partial charge on any atom is 0.355 e. The van der Waals surface area contributed by atoms with Gasteiger partial charge in [0.1, 0.15) is 5.01 Å². The maximum absolute atomic E-state index is 14.2. The number of halogens is 3. The summed E-state index contributed by atoms with van der Waals surface area (Å²) < 4.78 is 40.5. The predicted molar refractivity (Wildman–Crippen MR) is 78.7 cm³/mol. The number of aromatic nitrogens is 2. The van der Waals surface area contributed by atoms with Gasteiger partial charge in [0.25, 0.3) is 5.92 Å². The lowest BCUT2D eigenvalue weighted by molar-refractivity contribution is -0.0222. The van der Waals surface area contributed by atoms with E-state index in [2.05, 4.69) is 9.97 Å². The smallest absolute Gasteiger partial charge is 0.355 e. The number of anilines is 1. The molecule has 0 unspecified atom stereocenters. The van der Waals surface area contributed by atoms with Gasteiger partial charge >= 0.3 is 5.97 Å². The SMILES string of the molecule is O=C(O)c1csc(-c2cnc(N3CCC(F)(F)CC3)c(F)c2)n1. The van der Waals surface area contributed by atoms with E-state index >= 15 is 0 Å². The molecule has 3 heterocycles. The van der Waals surface area contributed by atoms with Gasteiger partial charge in [-0.1, -0.05) is 0 Å². The minimum absolute atomic E-state index is 0.0271.